The first-order valence-corrected chi connectivity index (χ1v) is 7.64. The molecular formula is C19H25NO2. The summed E-state index contributed by atoms with van der Waals surface area (Å²) in [5, 5.41) is 10.1. The number of aliphatic hydroxyl groups is 1. The van der Waals surface area contributed by atoms with Crippen molar-refractivity contribution in [1.29, 1.82) is 0 Å². The van der Waals surface area contributed by atoms with Crippen molar-refractivity contribution in [3.63, 3.8) is 0 Å². The number of nitrogens with one attached hydrogen (secondary N) is 1. The van der Waals surface area contributed by atoms with Gasteiger partial charge >= 0.3 is 0 Å². The molecule has 0 saturated carbocycles. The van der Waals surface area contributed by atoms with Gasteiger partial charge in [0.15, 0.2) is 0 Å². The van der Waals surface area contributed by atoms with Gasteiger partial charge < -0.3 is 5.11 Å². The van der Waals surface area contributed by atoms with E-state index in [0.29, 0.717) is 0 Å². The van der Waals surface area contributed by atoms with Gasteiger partial charge in [0.05, 0.1) is 12.6 Å². The predicted octanol–water partition coefficient (Wildman–Crippen LogP) is 4.03. The van der Waals surface area contributed by atoms with Crippen LogP contribution in [0.1, 0.15) is 44.0 Å². The number of aliphatic hydroxyl groups excluding tert-OH is 1. The first-order valence-electron chi connectivity index (χ1n) is 7.64. The van der Waals surface area contributed by atoms with Crippen molar-refractivity contribution < 1.29 is 9.94 Å². The Hall–Kier alpha value is -1.68. The molecule has 0 aliphatic carbocycles. The molecule has 0 aliphatic heterocycles. The second kappa shape index (κ2) is 7.54. The molecule has 2 N–H and O–H groups in total. The zero-order chi connectivity index (χ0) is 16.0. The van der Waals surface area contributed by atoms with Crippen LogP contribution < -0.4 is 5.48 Å². The summed E-state index contributed by atoms with van der Waals surface area (Å²) in [6, 6.07) is 19.8. The average molecular weight is 299 g/mol. The Balaban J connectivity index is 1.95. The van der Waals surface area contributed by atoms with Crippen LogP contribution in [0, 0.1) is 5.41 Å². The number of hydrogen-bond acceptors (Lipinski definition) is 3. The fourth-order valence-corrected chi connectivity index (χ4v) is 2.37. The van der Waals surface area contributed by atoms with Gasteiger partial charge in [0.2, 0.25) is 0 Å². The summed E-state index contributed by atoms with van der Waals surface area (Å²) in [7, 11) is 0. The Bertz CT molecular complexity index is 549. The molecular weight excluding hydrogens is 274 g/mol. The van der Waals surface area contributed by atoms with Crippen molar-refractivity contribution in [2.45, 2.75) is 32.9 Å². The van der Waals surface area contributed by atoms with E-state index in [2.05, 4.69) is 38.4 Å². The molecule has 0 fully saturated rings. The monoisotopic (exact) mass is 299 g/mol. The normalized spacial score (nSPS) is 14.5. The highest BCUT2D eigenvalue weighted by Crippen LogP contribution is 2.32. The van der Waals surface area contributed by atoms with Crippen LogP contribution in [0.3, 0.4) is 0 Å². The van der Waals surface area contributed by atoms with E-state index >= 15 is 0 Å². The van der Waals surface area contributed by atoms with Gasteiger partial charge in [-0.3, -0.25) is 4.84 Å². The van der Waals surface area contributed by atoms with E-state index in [4.69, 9.17) is 4.84 Å². The summed E-state index contributed by atoms with van der Waals surface area (Å²) in [5.41, 5.74) is 5.14. The highest BCUT2D eigenvalue weighted by molar-refractivity contribution is 5.20. The second-order valence-electron chi connectivity index (χ2n) is 6.57. The highest BCUT2D eigenvalue weighted by atomic mass is 16.6. The minimum atomic E-state index is -0.634. The van der Waals surface area contributed by atoms with Crippen LogP contribution in [0.25, 0.3) is 0 Å². The van der Waals surface area contributed by atoms with E-state index in [9.17, 15) is 5.11 Å². The Morgan fingerprint density at radius 3 is 1.91 bits per heavy atom. The number of rotatable bonds is 6. The second-order valence-corrected chi connectivity index (χ2v) is 6.57. The summed E-state index contributed by atoms with van der Waals surface area (Å²) < 4.78 is 0. The zero-order valence-electron chi connectivity index (χ0n) is 13.5. The third kappa shape index (κ3) is 4.67. The molecule has 0 bridgehead atoms. The number of benzene rings is 2. The molecule has 0 spiro atoms. The lowest BCUT2D eigenvalue weighted by atomic mass is 9.83. The molecule has 118 valence electrons. The molecule has 22 heavy (non-hydrogen) atoms. The van der Waals surface area contributed by atoms with Gasteiger partial charge in [-0.05, 0) is 16.5 Å². The standard InChI is InChI=1S/C19H25NO2/c1-19(2,3)18(16-12-8-5-9-13-16)20-22-14-17(21)15-10-6-4-7-11-15/h4-13,17-18,20-21H,14H2,1-3H3/t17-,18+/m0/s1. The van der Waals surface area contributed by atoms with Crippen LogP contribution in [0.5, 0.6) is 0 Å². The van der Waals surface area contributed by atoms with Crippen molar-refractivity contribution in [3.8, 4) is 0 Å². The van der Waals surface area contributed by atoms with Crippen molar-refractivity contribution in [1.82, 2.24) is 5.48 Å². The Morgan fingerprint density at radius 1 is 0.909 bits per heavy atom. The Morgan fingerprint density at radius 2 is 1.41 bits per heavy atom. The lowest BCUT2D eigenvalue weighted by molar-refractivity contribution is -0.0543. The van der Waals surface area contributed by atoms with Gasteiger partial charge in [-0.2, -0.15) is 5.48 Å². The maximum Gasteiger partial charge on any atom is 0.104 e. The van der Waals surface area contributed by atoms with Crippen molar-refractivity contribution in [2.24, 2.45) is 5.41 Å². The Labute approximate surface area is 132 Å². The third-order valence-electron chi connectivity index (χ3n) is 3.63. The Kier molecular flexibility index (Phi) is 5.72. The lowest BCUT2D eigenvalue weighted by Crippen LogP contribution is -2.33. The molecule has 0 aromatic heterocycles. The maximum absolute atomic E-state index is 10.1. The molecule has 2 aromatic rings. The fourth-order valence-electron chi connectivity index (χ4n) is 2.37. The van der Waals surface area contributed by atoms with E-state index in [0.717, 1.165) is 5.56 Å². The smallest absolute Gasteiger partial charge is 0.104 e. The van der Waals surface area contributed by atoms with Gasteiger partial charge in [0.25, 0.3) is 0 Å². The number of hydrogen-bond donors (Lipinski definition) is 2. The molecule has 0 radical (unpaired) electrons. The van der Waals surface area contributed by atoms with Crippen LogP contribution in [-0.4, -0.2) is 11.7 Å². The van der Waals surface area contributed by atoms with Crippen LogP contribution in [0.15, 0.2) is 60.7 Å². The van der Waals surface area contributed by atoms with Gasteiger partial charge in [-0.15, -0.1) is 0 Å². The minimum Gasteiger partial charge on any atom is -0.386 e. The van der Waals surface area contributed by atoms with Crippen LogP contribution in [0.2, 0.25) is 0 Å². The van der Waals surface area contributed by atoms with Gasteiger partial charge in [-0.25, -0.2) is 0 Å². The van der Waals surface area contributed by atoms with E-state index in [1.807, 2.05) is 48.5 Å². The fraction of sp³-hybridized carbons (Fsp3) is 0.368. The quantitative estimate of drug-likeness (QED) is 0.791. The molecule has 0 saturated heterocycles. The van der Waals surface area contributed by atoms with Gasteiger partial charge in [0.1, 0.15) is 6.10 Å². The average Bonchev–Trinajstić information content (AvgIpc) is 2.52. The van der Waals surface area contributed by atoms with Gasteiger partial charge in [0, 0.05) is 0 Å². The summed E-state index contributed by atoms with van der Waals surface area (Å²) in [6.07, 6.45) is -0.634. The van der Waals surface area contributed by atoms with E-state index < -0.39 is 6.10 Å². The van der Waals surface area contributed by atoms with E-state index in [-0.39, 0.29) is 18.1 Å². The molecule has 0 unspecified atom stereocenters. The van der Waals surface area contributed by atoms with Gasteiger partial charge in [-0.1, -0.05) is 81.4 Å². The van der Waals surface area contributed by atoms with Crippen molar-refractivity contribution in [2.75, 3.05) is 6.61 Å². The van der Waals surface area contributed by atoms with Crippen LogP contribution in [-0.2, 0) is 4.84 Å². The molecule has 3 nitrogen and oxygen atoms in total. The molecule has 2 aromatic carbocycles. The van der Waals surface area contributed by atoms with E-state index in [1.54, 1.807) is 0 Å². The molecule has 2 atom stereocenters. The predicted molar refractivity (Wildman–Crippen MR) is 89.1 cm³/mol. The van der Waals surface area contributed by atoms with E-state index in [1.165, 1.54) is 5.56 Å². The summed E-state index contributed by atoms with van der Waals surface area (Å²) in [6.45, 7) is 6.70. The van der Waals surface area contributed by atoms with Crippen LogP contribution >= 0.6 is 0 Å². The highest BCUT2D eigenvalue weighted by Gasteiger charge is 2.26. The minimum absolute atomic E-state index is 0.000940. The molecule has 0 aliphatic rings. The largest absolute Gasteiger partial charge is 0.386 e. The molecule has 0 heterocycles. The third-order valence-corrected chi connectivity index (χ3v) is 3.63. The molecule has 3 heteroatoms. The van der Waals surface area contributed by atoms with Crippen LogP contribution in [0.4, 0.5) is 0 Å². The molecule has 0 amide bonds. The summed E-state index contributed by atoms with van der Waals surface area (Å²) in [5.74, 6) is 0. The van der Waals surface area contributed by atoms with Crippen molar-refractivity contribution in [3.05, 3.63) is 71.8 Å². The molecule has 2 rings (SSSR count). The topological polar surface area (TPSA) is 41.5 Å². The summed E-state index contributed by atoms with van der Waals surface area (Å²) >= 11 is 0. The maximum atomic E-state index is 10.1. The lowest BCUT2D eigenvalue weighted by Gasteiger charge is -2.31. The SMILES string of the molecule is CC(C)(C)[C@H](NOC[C@H](O)c1ccccc1)c1ccccc1. The van der Waals surface area contributed by atoms with Crippen molar-refractivity contribution >= 4 is 0 Å². The zero-order valence-corrected chi connectivity index (χ0v) is 13.5. The number of hydroxylamine groups is 1. The first-order chi connectivity index (χ1) is 10.5. The summed E-state index contributed by atoms with van der Waals surface area (Å²) in [4.78, 5) is 5.59. The first kappa shape index (κ1) is 16.7.